The van der Waals surface area contributed by atoms with Gasteiger partial charge in [0.1, 0.15) is 5.01 Å². The van der Waals surface area contributed by atoms with Gasteiger partial charge in [0.25, 0.3) is 5.56 Å². The summed E-state index contributed by atoms with van der Waals surface area (Å²) < 4.78 is 1.47. The van der Waals surface area contributed by atoms with Crippen LogP contribution in [0.15, 0.2) is 59.9 Å². The standard InChI is InChI=1S/C21H19N5O2S/c1-14-18(29-20(25-14)15-5-4-9-22-11-15)12-23-19(27)8-10-26-13-24-17-7-3-2-6-16(17)21(26)28/h2-7,9,11,13H,8,10,12H2,1H3,(H,23,27). The fourth-order valence-corrected chi connectivity index (χ4v) is 3.95. The maximum Gasteiger partial charge on any atom is 0.261 e. The van der Waals surface area contributed by atoms with Gasteiger partial charge in [-0.15, -0.1) is 11.3 Å². The van der Waals surface area contributed by atoms with Crippen LogP contribution in [-0.2, 0) is 17.9 Å². The van der Waals surface area contributed by atoms with Crippen molar-refractivity contribution < 1.29 is 4.79 Å². The molecular weight excluding hydrogens is 386 g/mol. The molecule has 29 heavy (non-hydrogen) atoms. The second-order valence-electron chi connectivity index (χ2n) is 6.56. The number of benzene rings is 1. The van der Waals surface area contributed by atoms with Crippen LogP contribution in [0.3, 0.4) is 0 Å². The summed E-state index contributed by atoms with van der Waals surface area (Å²) in [4.78, 5) is 38.7. The highest BCUT2D eigenvalue weighted by Gasteiger charge is 2.11. The van der Waals surface area contributed by atoms with E-state index >= 15 is 0 Å². The van der Waals surface area contributed by atoms with E-state index in [-0.39, 0.29) is 24.4 Å². The SMILES string of the molecule is Cc1nc(-c2cccnc2)sc1CNC(=O)CCn1cnc2ccccc2c1=O. The van der Waals surface area contributed by atoms with Crippen LogP contribution in [0, 0.1) is 6.92 Å². The second kappa shape index (κ2) is 8.32. The van der Waals surface area contributed by atoms with Gasteiger partial charge in [-0.1, -0.05) is 12.1 Å². The first-order chi connectivity index (χ1) is 14.1. The van der Waals surface area contributed by atoms with Crippen LogP contribution in [0.1, 0.15) is 17.0 Å². The number of fused-ring (bicyclic) bond motifs is 1. The van der Waals surface area contributed by atoms with E-state index in [0.717, 1.165) is 21.1 Å². The Bertz CT molecular complexity index is 1220. The Kier molecular flexibility index (Phi) is 5.44. The van der Waals surface area contributed by atoms with Crippen molar-refractivity contribution in [1.82, 2.24) is 24.8 Å². The Balaban J connectivity index is 1.37. The number of hydrogen-bond donors (Lipinski definition) is 1. The number of aryl methyl sites for hydroxylation is 2. The molecule has 146 valence electrons. The lowest BCUT2D eigenvalue weighted by molar-refractivity contribution is -0.121. The first kappa shape index (κ1) is 18.9. The van der Waals surface area contributed by atoms with Crippen molar-refractivity contribution >= 4 is 28.1 Å². The summed E-state index contributed by atoms with van der Waals surface area (Å²) in [6, 6.07) is 11.0. The molecule has 0 bridgehead atoms. The van der Waals surface area contributed by atoms with Gasteiger partial charge >= 0.3 is 0 Å². The highest BCUT2D eigenvalue weighted by Crippen LogP contribution is 2.27. The number of rotatable bonds is 6. The van der Waals surface area contributed by atoms with Gasteiger partial charge in [0.05, 0.1) is 29.5 Å². The molecule has 0 aliphatic carbocycles. The van der Waals surface area contributed by atoms with Gasteiger partial charge in [-0.2, -0.15) is 0 Å². The van der Waals surface area contributed by atoms with Gasteiger partial charge in [-0.3, -0.25) is 19.1 Å². The van der Waals surface area contributed by atoms with Gasteiger partial charge in [0.15, 0.2) is 0 Å². The first-order valence-corrected chi connectivity index (χ1v) is 10.0. The average Bonchev–Trinajstić information content (AvgIpc) is 3.13. The molecule has 0 radical (unpaired) electrons. The summed E-state index contributed by atoms with van der Waals surface area (Å²) in [5.74, 6) is -0.124. The number of hydrogen-bond acceptors (Lipinski definition) is 6. The second-order valence-corrected chi connectivity index (χ2v) is 7.64. The molecule has 1 aromatic carbocycles. The molecule has 0 aliphatic rings. The minimum Gasteiger partial charge on any atom is -0.351 e. The van der Waals surface area contributed by atoms with E-state index < -0.39 is 0 Å². The summed E-state index contributed by atoms with van der Waals surface area (Å²) in [6.45, 7) is 2.62. The quantitative estimate of drug-likeness (QED) is 0.533. The molecule has 0 fully saturated rings. The van der Waals surface area contributed by atoms with E-state index in [1.54, 1.807) is 41.9 Å². The van der Waals surface area contributed by atoms with Crippen LogP contribution in [0.4, 0.5) is 0 Å². The van der Waals surface area contributed by atoms with Crippen molar-refractivity contribution in [2.24, 2.45) is 0 Å². The Morgan fingerprint density at radius 1 is 1.21 bits per heavy atom. The number of aromatic nitrogens is 4. The molecule has 0 atom stereocenters. The number of para-hydroxylation sites is 1. The Labute approximate surface area is 171 Å². The minimum atomic E-state index is -0.136. The van der Waals surface area contributed by atoms with Crippen molar-refractivity contribution in [1.29, 1.82) is 0 Å². The molecule has 8 heteroatoms. The fourth-order valence-electron chi connectivity index (χ4n) is 2.96. The van der Waals surface area contributed by atoms with Gasteiger partial charge in [0, 0.05) is 35.8 Å². The third-order valence-electron chi connectivity index (χ3n) is 4.56. The van der Waals surface area contributed by atoms with Crippen LogP contribution in [-0.4, -0.2) is 25.4 Å². The highest BCUT2D eigenvalue weighted by atomic mass is 32.1. The summed E-state index contributed by atoms with van der Waals surface area (Å²) >= 11 is 1.54. The Morgan fingerprint density at radius 2 is 2.07 bits per heavy atom. The third-order valence-corrected chi connectivity index (χ3v) is 5.77. The number of pyridine rings is 1. The van der Waals surface area contributed by atoms with Gasteiger partial charge in [-0.05, 0) is 31.2 Å². The zero-order valence-corrected chi connectivity index (χ0v) is 16.6. The fraction of sp³-hybridized carbons (Fsp3) is 0.190. The molecule has 0 unspecified atom stereocenters. The molecular formula is C21H19N5O2S. The third kappa shape index (κ3) is 4.22. The molecule has 4 aromatic rings. The molecule has 4 rings (SSSR count). The minimum absolute atomic E-state index is 0.124. The van der Waals surface area contributed by atoms with Crippen molar-refractivity contribution in [3.8, 4) is 10.6 Å². The van der Waals surface area contributed by atoms with E-state index in [4.69, 9.17) is 0 Å². The van der Waals surface area contributed by atoms with E-state index in [0.29, 0.717) is 17.4 Å². The lowest BCUT2D eigenvalue weighted by Gasteiger charge is -2.07. The number of thiazole rings is 1. The van der Waals surface area contributed by atoms with E-state index in [2.05, 4.69) is 20.3 Å². The van der Waals surface area contributed by atoms with Crippen molar-refractivity contribution in [3.05, 3.63) is 76.0 Å². The predicted octanol–water partition coefficient (Wildman–Crippen LogP) is 2.93. The van der Waals surface area contributed by atoms with Gasteiger partial charge in [0.2, 0.25) is 5.91 Å². The highest BCUT2D eigenvalue weighted by molar-refractivity contribution is 7.15. The molecule has 0 saturated carbocycles. The molecule has 7 nitrogen and oxygen atoms in total. The summed E-state index contributed by atoms with van der Waals surface area (Å²) in [5.41, 5.74) is 2.37. The average molecular weight is 405 g/mol. The predicted molar refractivity (Wildman–Crippen MR) is 113 cm³/mol. The Morgan fingerprint density at radius 3 is 2.90 bits per heavy atom. The zero-order valence-electron chi connectivity index (χ0n) is 15.8. The van der Waals surface area contributed by atoms with Crippen molar-refractivity contribution in [2.75, 3.05) is 0 Å². The number of nitrogens with one attached hydrogen (secondary N) is 1. The number of nitrogens with zero attached hydrogens (tertiary/aromatic N) is 4. The van der Waals surface area contributed by atoms with E-state index in [1.165, 1.54) is 10.9 Å². The maximum atomic E-state index is 12.5. The van der Waals surface area contributed by atoms with Crippen LogP contribution < -0.4 is 10.9 Å². The van der Waals surface area contributed by atoms with E-state index in [1.807, 2.05) is 25.1 Å². The Hall–Kier alpha value is -3.39. The molecule has 0 spiro atoms. The first-order valence-electron chi connectivity index (χ1n) is 9.19. The molecule has 1 amide bonds. The lowest BCUT2D eigenvalue weighted by atomic mass is 10.2. The van der Waals surface area contributed by atoms with Gasteiger partial charge < -0.3 is 5.32 Å². The van der Waals surface area contributed by atoms with Crippen LogP contribution in [0.25, 0.3) is 21.5 Å². The van der Waals surface area contributed by atoms with Crippen LogP contribution in [0.5, 0.6) is 0 Å². The van der Waals surface area contributed by atoms with Gasteiger partial charge in [-0.25, -0.2) is 9.97 Å². The largest absolute Gasteiger partial charge is 0.351 e. The van der Waals surface area contributed by atoms with Crippen LogP contribution >= 0.6 is 11.3 Å². The molecule has 0 saturated heterocycles. The molecule has 0 aliphatic heterocycles. The smallest absolute Gasteiger partial charge is 0.261 e. The normalized spacial score (nSPS) is 10.9. The summed E-state index contributed by atoms with van der Waals surface area (Å²) in [7, 11) is 0. The lowest BCUT2D eigenvalue weighted by Crippen LogP contribution is -2.27. The number of carbonyl (C=O) groups is 1. The van der Waals surface area contributed by atoms with Crippen molar-refractivity contribution in [2.45, 2.75) is 26.4 Å². The summed E-state index contributed by atoms with van der Waals surface area (Å²) in [5, 5.41) is 4.35. The number of amides is 1. The molecule has 3 heterocycles. The zero-order chi connectivity index (χ0) is 20.2. The van der Waals surface area contributed by atoms with Crippen LogP contribution in [0.2, 0.25) is 0 Å². The van der Waals surface area contributed by atoms with Crippen molar-refractivity contribution in [3.63, 3.8) is 0 Å². The maximum absolute atomic E-state index is 12.5. The topological polar surface area (TPSA) is 89.8 Å². The molecule has 3 aromatic heterocycles. The molecule has 1 N–H and O–H groups in total. The monoisotopic (exact) mass is 405 g/mol. The van der Waals surface area contributed by atoms with E-state index in [9.17, 15) is 9.59 Å². The number of carbonyl (C=O) groups excluding carboxylic acids is 1. The summed E-state index contributed by atoms with van der Waals surface area (Å²) in [6.07, 6.45) is 5.19.